The van der Waals surface area contributed by atoms with Crippen LogP contribution in [-0.2, 0) is 0 Å². The number of hydrogen-bond acceptors (Lipinski definition) is 2. The van der Waals surface area contributed by atoms with Crippen LogP contribution in [0.15, 0.2) is 28.3 Å². The number of furan rings is 1. The zero-order valence-electron chi connectivity index (χ0n) is 5.00. The molecule has 46 valence electrons. The summed E-state index contributed by atoms with van der Waals surface area (Å²) >= 11 is 0. The van der Waals surface area contributed by atoms with Crippen molar-refractivity contribution in [3.8, 4) is 0 Å². The summed E-state index contributed by atoms with van der Waals surface area (Å²) in [5.74, 6) is 0.532. The van der Waals surface area contributed by atoms with Crippen LogP contribution in [0.5, 0.6) is 0 Å². The normalized spacial score (nSPS) is 8.89. The van der Waals surface area contributed by atoms with Crippen LogP contribution in [0.3, 0.4) is 0 Å². The molecule has 0 fully saturated rings. The molecule has 2 nitrogen and oxygen atoms in total. The quantitative estimate of drug-likeness (QED) is 0.551. The van der Waals surface area contributed by atoms with Gasteiger partial charge in [0.05, 0.1) is 6.26 Å². The molecule has 0 aliphatic rings. The molecular weight excluding hydrogens is 114 g/mol. The van der Waals surface area contributed by atoms with E-state index in [-0.39, 0.29) is 0 Å². The maximum absolute atomic E-state index is 4.90. The van der Waals surface area contributed by atoms with Gasteiger partial charge < -0.3 is 4.42 Å². The second kappa shape index (κ2) is 2.31. The van der Waals surface area contributed by atoms with Gasteiger partial charge in [0.15, 0.2) is 0 Å². The van der Waals surface area contributed by atoms with Crippen molar-refractivity contribution in [2.75, 3.05) is 0 Å². The molecule has 0 radical (unpaired) electrons. The van der Waals surface area contributed by atoms with Gasteiger partial charge in [-0.15, -0.1) is 0 Å². The van der Waals surface area contributed by atoms with Crippen LogP contribution in [-0.4, -0.2) is 6.72 Å². The SMILES string of the molecule is C=Cc1ccoc1N=C. The van der Waals surface area contributed by atoms with Crippen molar-refractivity contribution in [2.24, 2.45) is 4.99 Å². The third-order valence-electron chi connectivity index (χ3n) is 1.04. The fourth-order valence-electron chi connectivity index (χ4n) is 0.595. The van der Waals surface area contributed by atoms with E-state index in [1.807, 2.05) is 0 Å². The first-order valence-electron chi connectivity index (χ1n) is 2.55. The van der Waals surface area contributed by atoms with Crippen molar-refractivity contribution >= 4 is 18.7 Å². The Balaban J connectivity index is 3.12. The summed E-state index contributed by atoms with van der Waals surface area (Å²) < 4.78 is 4.90. The summed E-state index contributed by atoms with van der Waals surface area (Å²) in [5.41, 5.74) is 0.880. The van der Waals surface area contributed by atoms with Crippen molar-refractivity contribution in [3.63, 3.8) is 0 Å². The fraction of sp³-hybridized carbons (Fsp3) is 0. The molecule has 2 heteroatoms. The largest absolute Gasteiger partial charge is 0.446 e. The predicted molar refractivity (Wildman–Crippen MR) is 38.0 cm³/mol. The van der Waals surface area contributed by atoms with Crippen LogP contribution in [0.25, 0.3) is 6.08 Å². The third-order valence-corrected chi connectivity index (χ3v) is 1.04. The van der Waals surface area contributed by atoms with E-state index in [9.17, 15) is 0 Å². The van der Waals surface area contributed by atoms with E-state index in [2.05, 4.69) is 18.3 Å². The van der Waals surface area contributed by atoms with Gasteiger partial charge in [0.1, 0.15) is 0 Å². The standard InChI is InChI=1S/C7H7NO/c1-3-6-4-5-9-7(6)8-2/h3-5H,1-2H2. The van der Waals surface area contributed by atoms with E-state index < -0.39 is 0 Å². The highest BCUT2D eigenvalue weighted by molar-refractivity contribution is 5.59. The lowest BCUT2D eigenvalue weighted by Crippen LogP contribution is -1.59. The van der Waals surface area contributed by atoms with Crippen LogP contribution in [0.4, 0.5) is 5.88 Å². The first kappa shape index (κ1) is 5.82. The van der Waals surface area contributed by atoms with Crippen molar-refractivity contribution in [1.29, 1.82) is 0 Å². The molecule has 0 bridgehead atoms. The van der Waals surface area contributed by atoms with Crippen LogP contribution in [0.1, 0.15) is 5.56 Å². The highest BCUT2D eigenvalue weighted by Crippen LogP contribution is 2.19. The van der Waals surface area contributed by atoms with E-state index >= 15 is 0 Å². The van der Waals surface area contributed by atoms with Gasteiger partial charge in [-0.25, -0.2) is 4.99 Å². The molecule has 9 heavy (non-hydrogen) atoms. The Morgan fingerprint density at radius 3 is 2.89 bits per heavy atom. The van der Waals surface area contributed by atoms with Gasteiger partial charge in [0, 0.05) is 5.56 Å². The molecule has 1 aromatic rings. The highest BCUT2D eigenvalue weighted by atomic mass is 16.3. The van der Waals surface area contributed by atoms with Gasteiger partial charge >= 0.3 is 0 Å². The average Bonchev–Trinajstić information content (AvgIpc) is 2.33. The van der Waals surface area contributed by atoms with Gasteiger partial charge in [-0.2, -0.15) is 0 Å². The lowest BCUT2D eigenvalue weighted by atomic mass is 10.3. The summed E-state index contributed by atoms with van der Waals surface area (Å²) in [7, 11) is 0. The lowest BCUT2D eigenvalue weighted by molar-refractivity contribution is 0.578. The molecule has 0 aliphatic carbocycles. The smallest absolute Gasteiger partial charge is 0.225 e. The molecule has 1 rings (SSSR count). The predicted octanol–water partition coefficient (Wildman–Crippen LogP) is 2.25. The van der Waals surface area contributed by atoms with E-state index in [0.29, 0.717) is 5.88 Å². The summed E-state index contributed by atoms with van der Waals surface area (Å²) in [5, 5.41) is 0. The van der Waals surface area contributed by atoms with E-state index in [4.69, 9.17) is 4.42 Å². The Morgan fingerprint density at radius 1 is 1.67 bits per heavy atom. The summed E-state index contributed by atoms with van der Waals surface area (Å²) in [6.07, 6.45) is 3.23. The van der Waals surface area contributed by atoms with E-state index in [0.717, 1.165) is 5.56 Å². The monoisotopic (exact) mass is 121 g/mol. The molecule has 0 amide bonds. The Morgan fingerprint density at radius 2 is 2.44 bits per heavy atom. The van der Waals surface area contributed by atoms with Gasteiger partial charge in [-0.3, -0.25) is 0 Å². The van der Waals surface area contributed by atoms with Crippen molar-refractivity contribution < 1.29 is 4.42 Å². The number of hydrogen-bond donors (Lipinski definition) is 0. The molecule has 0 aromatic carbocycles. The molecule has 1 heterocycles. The third kappa shape index (κ3) is 0.914. The molecule has 1 aromatic heterocycles. The first-order chi connectivity index (χ1) is 4.38. The van der Waals surface area contributed by atoms with Gasteiger partial charge in [-0.1, -0.05) is 12.7 Å². The molecule has 0 spiro atoms. The molecule has 0 saturated heterocycles. The Labute approximate surface area is 53.5 Å². The van der Waals surface area contributed by atoms with Crippen LogP contribution in [0, 0.1) is 0 Å². The number of rotatable bonds is 2. The molecule has 0 atom stereocenters. The van der Waals surface area contributed by atoms with Gasteiger partial charge in [0.2, 0.25) is 5.88 Å². The lowest BCUT2D eigenvalue weighted by Gasteiger charge is -1.83. The Hall–Kier alpha value is -1.31. The second-order valence-corrected chi connectivity index (χ2v) is 1.54. The van der Waals surface area contributed by atoms with Crippen LogP contribution >= 0.6 is 0 Å². The molecule has 0 aliphatic heterocycles. The summed E-state index contributed by atoms with van der Waals surface area (Å²) in [6, 6.07) is 1.79. The summed E-state index contributed by atoms with van der Waals surface area (Å²) in [6.45, 7) is 6.88. The van der Waals surface area contributed by atoms with Crippen molar-refractivity contribution in [3.05, 3.63) is 24.5 Å². The minimum atomic E-state index is 0.532. The minimum Gasteiger partial charge on any atom is -0.446 e. The van der Waals surface area contributed by atoms with E-state index in [1.165, 1.54) is 0 Å². The van der Waals surface area contributed by atoms with E-state index in [1.54, 1.807) is 18.4 Å². The van der Waals surface area contributed by atoms with Crippen molar-refractivity contribution in [2.45, 2.75) is 0 Å². The van der Waals surface area contributed by atoms with Gasteiger partial charge in [-0.05, 0) is 12.8 Å². The maximum Gasteiger partial charge on any atom is 0.225 e. The second-order valence-electron chi connectivity index (χ2n) is 1.54. The average molecular weight is 121 g/mol. The Kier molecular flexibility index (Phi) is 1.49. The molecule has 0 saturated carbocycles. The fourth-order valence-corrected chi connectivity index (χ4v) is 0.595. The maximum atomic E-state index is 4.90. The van der Waals surface area contributed by atoms with Crippen LogP contribution < -0.4 is 0 Å². The van der Waals surface area contributed by atoms with Crippen molar-refractivity contribution in [1.82, 2.24) is 0 Å². The van der Waals surface area contributed by atoms with Crippen LogP contribution in [0.2, 0.25) is 0 Å². The topological polar surface area (TPSA) is 25.5 Å². The Bertz CT molecular complexity index is 202. The first-order valence-corrected chi connectivity index (χ1v) is 2.55. The molecular formula is C7H7NO. The summed E-state index contributed by atoms with van der Waals surface area (Å²) in [4.78, 5) is 3.61. The minimum absolute atomic E-state index is 0.532. The zero-order valence-corrected chi connectivity index (χ0v) is 5.00. The highest BCUT2D eigenvalue weighted by Gasteiger charge is 1.96. The zero-order chi connectivity index (χ0) is 6.69. The number of aliphatic imine (C=N–C) groups is 1. The number of nitrogens with zero attached hydrogens (tertiary/aromatic N) is 1. The van der Waals surface area contributed by atoms with Gasteiger partial charge in [0.25, 0.3) is 0 Å². The molecule has 0 N–H and O–H groups in total. The molecule has 0 unspecified atom stereocenters.